The monoisotopic (exact) mass is 589 g/mol. The standard InChI is InChI=1S/C30H31N5O8/c1-18-22(17-42-15-14-33(2)24(36)16-35-27(39)20-10-6-7-11-21(20)28(35)40)43-29(25(18)37)34-13-12-23(32-30(34)41)31-26(38)19-8-4-3-5-9-19/h3-13,18,22,25,29,37H,14-17H2,1-2H3,(H,31,32,38,41)/t18-,22+,25?,29+/m0/s1. The van der Waals surface area contributed by atoms with E-state index in [1.807, 2.05) is 0 Å². The van der Waals surface area contributed by atoms with Gasteiger partial charge in [-0.1, -0.05) is 37.3 Å². The van der Waals surface area contributed by atoms with Crippen molar-refractivity contribution >= 4 is 29.4 Å². The van der Waals surface area contributed by atoms with Crippen LogP contribution >= 0.6 is 0 Å². The molecule has 0 radical (unpaired) electrons. The molecule has 1 aromatic heterocycles. The van der Waals surface area contributed by atoms with E-state index in [1.54, 1.807) is 68.6 Å². The maximum absolute atomic E-state index is 12.7. The van der Waals surface area contributed by atoms with Crippen molar-refractivity contribution in [2.24, 2.45) is 5.92 Å². The van der Waals surface area contributed by atoms with Crippen LogP contribution in [-0.4, -0.2) is 93.6 Å². The van der Waals surface area contributed by atoms with Gasteiger partial charge < -0.3 is 24.8 Å². The molecule has 43 heavy (non-hydrogen) atoms. The van der Waals surface area contributed by atoms with Crippen molar-refractivity contribution in [2.45, 2.75) is 25.4 Å². The fraction of sp³-hybridized carbons (Fsp3) is 0.333. The van der Waals surface area contributed by atoms with Crippen LogP contribution in [0.2, 0.25) is 0 Å². The summed E-state index contributed by atoms with van der Waals surface area (Å²) >= 11 is 0. The van der Waals surface area contributed by atoms with Crippen LogP contribution in [0.15, 0.2) is 71.7 Å². The first-order chi connectivity index (χ1) is 20.7. The van der Waals surface area contributed by atoms with E-state index in [1.165, 1.54) is 17.2 Å². The number of amides is 4. The number of nitrogens with zero attached hydrogens (tertiary/aromatic N) is 4. The molecule has 5 rings (SSSR count). The van der Waals surface area contributed by atoms with Crippen LogP contribution in [0, 0.1) is 5.92 Å². The molecule has 0 bridgehead atoms. The van der Waals surface area contributed by atoms with Gasteiger partial charge in [0.15, 0.2) is 6.23 Å². The zero-order chi connectivity index (χ0) is 30.7. The van der Waals surface area contributed by atoms with E-state index in [0.717, 1.165) is 9.47 Å². The van der Waals surface area contributed by atoms with Gasteiger partial charge in [0.1, 0.15) is 18.5 Å². The van der Waals surface area contributed by atoms with Crippen molar-refractivity contribution in [3.63, 3.8) is 0 Å². The van der Waals surface area contributed by atoms with Gasteiger partial charge in [-0.25, -0.2) is 4.79 Å². The summed E-state index contributed by atoms with van der Waals surface area (Å²) in [6, 6.07) is 16.4. The minimum atomic E-state index is -1.03. The molecule has 4 amide bonds. The molecule has 1 saturated heterocycles. The van der Waals surface area contributed by atoms with Crippen LogP contribution in [-0.2, 0) is 14.3 Å². The third-order valence-electron chi connectivity index (χ3n) is 7.56. The van der Waals surface area contributed by atoms with E-state index in [-0.39, 0.29) is 49.2 Å². The van der Waals surface area contributed by atoms with Crippen LogP contribution in [0.3, 0.4) is 0 Å². The van der Waals surface area contributed by atoms with E-state index >= 15 is 0 Å². The van der Waals surface area contributed by atoms with E-state index in [2.05, 4.69) is 10.3 Å². The number of aromatic nitrogens is 2. The van der Waals surface area contributed by atoms with Crippen LogP contribution in [0.4, 0.5) is 5.82 Å². The highest BCUT2D eigenvalue weighted by Gasteiger charge is 2.42. The third-order valence-corrected chi connectivity index (χ3v) is 7.56. The van der Waals surface area contributed by atoms with E-state index < -0.39 is 47.8 Å². The number of rotatable bonds is 10. The number of nitrogens with one attached hydrogen (secondary N) is 1. The normalized spacial score (nSPS) is 21.1. The number of imide groups is 1. The van der Waals surface area contributed by atoms with Crippen LogP contribution < -0.4 is 11.0 Å². The number of carbonyl (C=O) groups excluding carboxylic acids is 4. The summed E-state index contributed by atoms with van der Waals surface area (Å²) in [7, 11) is 1.55. The van der Waals surface area contributed by atoms with E-state index in [0.29, 0.717) is 5.56 Å². The predicted molar refractivity (Wildman–Crippen MR) is 152 cm³/mol. The lowest BCUT2D eigenvalue weighted by Crippen LogP contribution is -2.42. The molecule has 224 valence electrons. The number of carbonyl (C=O) groups is 4. The summed E-state index contributed by atoms with van der Waals surface area (Å²) in [5.74, 6) is -2.15. The second kappa shape index (κ2) is 12.7. The number of anilines is 1. The Morgan fingerprint density at radius 3 is 2.33 bits per heavy atom. The summed E-state index contributed by atoms with van der Waals surface area (Å²) in [6.07, 6.45) is -1.19. The van der Waals surface area contributed by atoms with E-state index in [4.69, 9.17) is 9.47 Å². The van der Waals surface area contributed by atoms with Gasteiger partial charge >= 0.3 is 5.69 Å². The van der Waals surface area contributed by atoms with Crippen molar-refractivity contribution in [1.82, 2.24) is 19.4 Å². The molecule has 1 unspecified atom stereocenters. The van der Waals surface area contributed by atoms with Crippen LogP contribution in [0.5, 0.6) is 0 Å². The molecular weight excluding hydrogens is 558 g/mol. The lowest BCUT2D eigenvalue weighted by Gasteiger charge is -2.21. The van der Waals surface area contributed by atoms with Gasteiger partial charge in [-0.15, -0.1) is 0 Å². The Morgan fingerprint density at radius 1 is 1.02 bits per heavy atom. The molecule has 13 heteroatoms. The minimum absolute atomic E-state index is 0.0668. The highest BCUT2D eigenvalue weighted by molar-refractivity contribution is 6.22. The van der Waals surface area contributed by atoms with Crippen molar-refractivity contribution in [3.8, 4) is 0 Å². The summed E-state index contributed by atoms with van der Waals surface area (Å²) in [5, 5.41) is 13.4. The fourth-order valence-corrected chi connectivity index (χ4v) is 4.90. The van der Waals surface area contributed by atoms with Crippen molar-refractivity contribution in [1.29, 1.82) is 0 Å². The molecule has 3 heterocycles. The molecule has 2 aliphatic heterocycles. The number of benzene rings is 2. The Bertz CT molecular complexity index is 1560. The minimum Gasteiger partial charge on any atom is -0.388 e. The third kappa shape index (κ3) is 6.23. The highest BCUT2D eigenvalue weighted by atomic mass is 16.6. The SMILES string of the molecule is C[C@@H]1C(O)[C@H](n2ccc(NC(=O)c3ccccc3)nc2=O)O[C@@H]1COCCN(C)C(=O)CN1C(=O)c2ccccc2C1=O. The highest BCUT2D eigenvalue weighted by Crippen LogP contribution is 2.33. The van der Waals surface area contributed by atoms with Crippen molar-refractivity contribution in [3.05, 3.63) is 94.0 Å². The number of likely N-dealkylation sites (N-methyl/N-ethyl adjacent to an activating group) is 1. The number of hydrogen-bond donors (Lipinski definition) is 2. The van der Waals surface area contributed by atoms with Gasteiger partial charge in [0.25, 0.3) is 17.7 Å². The zero-order valence-corrected chi connectivity index (χ0v) is 23.6. The van der Waals surface area contributed by atoms with Gasteiger partial charge in [0.05, 0.1) is 30.4 Å². The second-order valence-corrected chi connectivity index (χ2v) is 10.4. The molecule has 0 aliphatic carbocycles. The van der Waals surface area contributed by atoms with Crippen LogP contribution in [0.1, 0.15) is 44.2 Å². The van der Waals surface area contributed by atoms with Gasteiger partial charge in [-0.05, 0) is 30.3 Å². The average Bonchev–Trinajstić information content (AvgIpc) is 3.42. The smallest absolute Gasteiger partial charge is 0.351 e. The van der Waals surface area contributed by atoms with Gasteiger partial charge in [-0.2, -0.15) is 4.98 Å². The molecule has 2 aromatic carbocycles. The van der Waals surface area contributed by atoms with Gasteiger partial charge in [0.2, 0.25) is 5.91 Å². The molecule has 2 aliphatic rings. The number of fused-ring (bicyclic) bond motifs is 1. The van der Waals surface area contributed by atoms with Gasteiger partial charge in [-0.3, -0.25) is 28.6 Å². The first-order valence-electron chi connectivity index (χ1n) is 13.7. The molecule has 4 atom stereocenters. The average molecular weight is 590 g/mol. The first kappa shape index (κ1) is 29.8. The quantitative estimate of drug-likeness (QED) is 0.261. The zero-order valence-electron chi connectivity index (χ0n) is 23.6. The lowest BCUT2D eigenvalue weighted by atomic mass is 10.0. The summed E-state index contributed by atoms with van der Waals surface area (Å²) in [4.78, 5) is 69.0. The largest absolute Gasteiger partial charge is 0.388 e. The number of ether oxygens (including phenoxy) is 2. The Morgan fingerprint density at radius 2 is 1.67 bits per heavy atom. The molecule has 13 nitrogen and oxygen atoms in total. The maximum atomic E-state index is 12.7. The van der Waals surface area contributed by atoms with Crippen LogP contribution in [0.25, 0.3) is 0 Å². The number of aliphatic hydroxyl groups is 1. The fourth-order valence-electron chi connectivity index (χ4n) is 4.90. The maximum Gasteiger partial charge on any atom is 0.351 e. The number of aliphatic hydroxyl groups excluding tert-OH is 1. The number of hydrogen-bond acceptors (Lipinski definition) is 9. The molecule has 3 aromatic rings. The molecule has 2 N–H and O–H groups in total. The van der Waals surface area contributed by atoms with E-state index in [9.17, 15) is 29.1 Å². The summed E-state index contributed by atoms with van der Waals surface area (Å²) in [6.45, 7) is 1.80. The Kier molecular flexibility index (Phi) is 8.76. The molecule has 0 saturated carbocycles. The Hall–Kier alpha value is -4.72. The predicted octanol–water partition coefficient (Wildman–Crippen LogP) is 1.16. The molecule has 0 spiro atoms. The Balaban J connectivity index is 1.09. The summed E-state index contributed by atoms with van der Waals surface area (Å²) < 4.78 is 12.8. The van der Waals surface area contributed by atoms with Gasteiger partial charge in [0, 0.05) is 31.3 Å². The molecular formula is C30H31N5O8. The topological polar surface area (TPSA) is 160 Å². The Labute approximate surface area is 246 Å². The molecule has 1 fully saturated rings. The van der Waals surface area contributed by atoms with Crippen molar-refractivity contribution < 1.29 is 33.8 Å². The lowest BCUT2D eigenvalue weighted by molar-refractivity contribution is -0.131. The second-order valence-electron chi connectivity index (χ2n) is 10.4. The summed E-state index contributed by atoms with van der Waals surface area (Å²) in [5.41, 5.74) is 0.266. The first-order valence-corrected chi connectivity index (χ1v) is 13.7. The van der Waals surface area contributed by atoms with Crippen molar-refractivity contribution in [2.75, 3.05) is 38.7 Å².